The van der Waals surface area contributed by atoms with E-state index in [1.165, 1.54) is 6.07 Å². The number of benzene rings is 2. The summed E-state index contributed by atoms with van der Waals surface area (Å²) in [5.74, 6) is 0.415. The second-order valence-electron chi connectivity index (χ2n) is 5.44. The van der Waals surface area contributed by atoms with Crippen LogP contribution in [0.3, 0.4) is 0 Å². The standard InChI is InChI=1S/C19H15N5O2/c1-12-21-17(23-15-8-4-2-6-13(15)11-20)10-18(22-12)24-16-9-5-3-7-14(16)19(25)26/h2-10H,1H3,(H,25,26)(H2,21,22,23,24). The molecule has 0 atom stereocenters. The third-order valence-electron chi connectivity index (χ3n) is 3.57. The van der Waals surface area contributed by atoms with E-state index >= 15 is 0 Å². The average molecular weight is 345 g/mol. The minimum absolute atomic E-state index is 0.146. The van der Waals surface area contributed by atoms with Crippen LogP contribution in [0.4, 0.5) is 23.0 Å². The highest BCUT2D eigenvalue weighted by molar-refractivity contribution is 5.95. The summed E-state index contributed by atoms with van der Waals surface area (Å²) < 4.78 is 0. The molecule has 1 heterocycles. The molecular formula is C19H15N5O2. The lowest BCUT2D eigenvalue weighted by Gasteiger charge is -2.12. The summed E-state index contributed by atoms with van der Waals surface area (Å²) in [5.41, 5.74) is 1.70. The Labute approximate surface area is 150 Å². The molecule has 3 aromatic rings. The molecule has 0 aliphatic heterocycles. The zero-order chi connectivity index (χ0) is 18.5. The Kier molecular flexibility index (Phi) is 4.76. The predicted octanol–water partition coefficient (Wildman–Crippen LogP) is 3.84. The van der Waals surface area contributed by atoms with Gasteiger partial charge in [0.25, 0.3) is 0 Å². The van der Waals surface area contributed by atoms with Gasteiger partial charge in [-0.15, -0.1) is 0 Å². The maximum atomic E-state index is 11.3. The second kappa shape index (κ2) is 7.32. The first kappa shape index (κ1) is 16.9. The van der Waals surface area contributed by atoms with Gasteiger partial charge in [0, 0.05) is 6.07 Å². The fraction of sp³-hybridized carbons (Fsp3) is 0.0526. The first-order chi connectivity index (χ1) is 12.6. The van der Waals surface area contributed by atoms with Gasteiger partial charge < -0.3 is 15.7 Å². The van der Waals surface area contributed by atoms with Crippen molar-refractivity contribution in [3.05, 3.63) is 71.5 Å². The van der Waals surface area contributed by atoms with Crippen molar-refractivity contribution in [3.63, 3.8) is 0 Å². The number of para-hydroxylation sites is 2. The number of nitrogens with one attached hydrogen (secondary N) is 2. The number of carboxylic acids is 1. The summed E-state index contributed by atoms with van der Waals surface area (Å²) in [6, 6.07) is 17.4. The lowest BCUT2D eigenvalue weighted by molar-refractivity contribution is 0.0698. The number of aromatic nitrogens is 2. The summed E-state index contributed by atoms with van der Waals surface area (Å²) in [6.45, 7) is 1.73. The summed E-state index contributed by atoms with van der Waals surface area (Å²) in [6.07, 6.45) is 0. The Hall–Kier alpha value is -3.92. The van der Waals surface area contributed by atoms with Crippen LogP contribution in [0.1, 0.15) is 21.7 Å². The summed E-state index contributed by atoms with van der Waals surface area (Å²) >= 11 is 0. The van der Waals surface area contributed by atoms with Gasteiger partial charge in [-0.1, -0.05) is 24.3 Å². The minimum Gasteiger partial charge on any atom is -0.478 e. The lowest BCUT2D eigenvalue weighted by atomic mass is 10.2. The lowest BCUT2D eigenvalue weighted by Crippen LogP contribution is -2.05. The fourth-order valence-corrected chi connectivity index (χ4v) is 2.44. The number of rotatable bonds is 5. The molecule has 3 rings (SSSR count). The van der Waals surface area contributed by atoms with Crippen molar-refractivity contribution in [2.24, 2.45) is 0 Å². The molecule has 7 heteroatoms. The Morgan fingerprint density at radius 1 is 1.00 bits per heavy atom. The first-order valence-corrected chi connectivity index (χ1v) is 7.78. The molecule has 0 amide bonds. The first-order valence-electron chi connectivity index (χ1n) is 7.78. The highest BCUT2D eigenvalue weighted by atomic mass is 16.4. The number of aryl methyl sites for hydroxylation is 1. The number of carbonyl (C=O) groups is 1. The van der Waals surface area contributed by atoms with Gasteiger partial charge in [0.1, 0.15) is 23.5 Å². The molecule has 0 bridgehead atoms. The van der Waals surface area contributed by atoms with Crippen LogP contribution >= 0.6 is 0 Å². The SMILES string of the molecule is Cc1nc(Nc2ccccc2C#N)cc(Nc2ccccc2C(=O)O)n1. The molecule has 1 aromatic heterocycles. The molecule has 0 saturated carbocycles. The van der Waals surface area contributed by atoms with Crippen molar-refractivity contribution >= 4 is 29.0 Å². The number of hydrogen-bond donors (Lipinski definition) is 3. The molecule has 0 aliphatic carbocycles. The molecular weight excluding hydrogens is 330 g/mol. The van der Waals surface area contributed by atoms with Crippen LogP contribution in [-0.2, 0) is 0 Å². The average Bonchev–Trinajstić information content (AvgIpc) is 2.62. The maximum Gasteiger partial charge on any atom is 0.337 e. The molecule has 2 aromatic carbocycles. The molecule has 3 N–H and O–H groups in total. The van der Waals surface area contributed by atoms with E-state index < -0.39 is 5.97 Å². The molecule has 0 spiro atoms. The quantitative estimate of drug-likeness (QED) is 0.644. The van der Waals surface area contributed by atoms with E-state index in [0.717, 1.165) is 0 Å². The van der Waals surface area contributed by atoms with E-state index in [4.69, 9.17) is 0 Å². The third-order valence-corrected chi connectivity index (χ3v) is 3.57. The monoisotopic (exact) mass is 345 g/mol. The van der Waals surface area contributed by atoms with Crippen molar-refractivity contribution in [3.8, 4) is 6.07 Å². The fourth-order valence-electron chi connectivity index (χ4n) is 2.44. The van der Waals surface area contributed by atoms with E-state index in [9.17, 15) is 15.2 Å². The molecule has 7 nitrogen and oxygen atoms in total. The van der Waals surface area contributed by atoms with Gasteiger partial charge in [0.15, 0.2) is 0 Å². The van der Waals surface area contributed by atoms with Crippen LogP contribution in [0.25, 0.3) is 0 Å². The van der Waals surface area contributed by atoms with Gasteiger partial charge in [-0.3, -0.25) is 0 Å². The second-order valence-corrected chi connectivity index (χ2v) is 5.44. The molecule has 0 radical (unpaired) electrons. The van der Waals surface area contributed by atoms with Crippen LogP contribution in [0.5, 0.6) is 0 Å². The van der Waals surface area contributed by atoms with E-state index in [1.54, 1.807) is 49.4 Å². The number of hydrogen-bond acceptors (Lipinski definition) is 6. The highest BCUT2D eigenvalue weighted by Crippen LogP contribution is 2.24. The number of aromatic carboxylic acids is 1. The topological polar surface area (TPSA) is 111 Å². The predicted molar refractivity (Wildman–Crippen MR) is 97.9 cm³/mol. The number of anilines is 4. The van der Waals surface area contributed by atoms with E-state index in [1.807, 2.05) is 6.07 Å². The van der Waals surface area contributed by atoms with Crippen molar-refractivity contribution in [1.29, 1.82) is 5.26 Å². The van der Waals surface area contributed by atoms with Crippen molar-refractivity contribution in [2.45, 2.75) is 6.92 Å². The van der Waals surface area contributed by atoms with Gasteiger partial charge in [0.05, 0.1) is 22.5 Å². The molecule has 26 heavy (non-hydrogen) atoms. The molecule has 128 valence electrons. The van der Waals surface area contributed by atoms with Crippen LogP contribution in [0, 0.1) is 18.3 Å². The Morgan fingerprint density at radius 3 is 2.23 bits per heavy atom. The molecule has 0 unspecified atom stereocenters. The van der Waals surface area contributed by atoms with Gasteiger partial charge in [0.2, 0.25) is 0 Å². The van der Waals surface area contributed by atoms with Crippen LogP contribution in [0.2, 0.25) is 0 Å². The Balaban J connectivity index is 1.92. The van der Waals surface area contributed by atoms with Crippen LogP contribution in [-0.4, -0.2) is 21.0 Å². The van der Waals surface area contributed by atoms with E-state index in [2.05, 4.69) is 26.7 Å². The molecule has 0 saturated heterocycles. The number of carboxylic acid groups (broad SMARTS) is 1. The van der Waals surface area contributed by atoms with E-state index in [0.29, 0.717) is 34.4 Å². The zero-order valence-electron chi connectivity index (χ0n) is 13.9. The van der Waals surface area contributed by atoms with Crippen LogP contribution in [0.15, 0.2) is 54.6 Å². The van der Waals surface area contributed by atoms with Crippen molar-refractivity contribution < 1.29 is 9.90 Å². The van der Waals surface area contributed by atoms with E-state index in [-0.39, 0.29) is 5.56 Å². The summed E-state index contributed by atoms with van der Waals surface area (Å²) in [5, 5.41) is 24.6. The number of nitriles is 1. The largest absolute Gasteiger partial charge is 0.478 e. The third kappa shape index (κ3) is 3.76. The molecule has 0 fully saturated rings. The Morgan fingerprint density at radius 2 is 1.58 bits per heavy atom. The van der Waals surface area contributed by atoms with Gasteiger partial charge in [-0.25, -0.2) is 14.8 Å². The highest BCUT2D eigenvalue weighted by Gasteiger charge is 2.11. The van der Waals surface area contributed by atoms with Crippen molar-refractivity contribution in [2.75, 3.05) is 10.6 Å². The minimum atomic E-state index is -1.03. The summed E-state index contributed by atoms with van der Waals surface area (Å²) in [7, 11) is 0. The Bertz CT molecular complexity index is 1010. The number of nitrogens with zero attached hydrogens (tertiary/aromatic N) is 3. The maximum absolute atomic E-state index is 11.3. The normalized spacial score (nSPS) is 10.0. The summed E-state index contributed by atoms with van der Waals surface area (Å²) in [4.78, 5) is 20.0. The zero-order valence-corrected chi connectivity index (χ0v) is 13.9. The smallest absolute Gasteiger partial charge is 0.337 e. The van der Waals surface area contributed by atoms with Gasteiger partial charge >= 0.3 is 5.97 Å². The van der Waals surface area contributed by atoms with Crippen LogP contribution < -0.4 is 10.6 Å². The van der Waals surface area contributed by atoms with Gasteiger partial charge in [-0.2, -0.15) is 5.26 Å². The molecule has 0 aliphatic rings. The van der Waals surface area contributed by atoms with Crippen molar-refractivity contribution in [1.82, 2.24) is 9.97 Å². The van der Waals surface area contributed by atoms with Gasteiger partial charge in [-0.05, 0) is 31.2 Å².